The van der Waals surface area contributed by atoms with Crippen LogP contribution in [0.2, 0.25) is 0 Å². The number of hydrogen-bond donors (Lipinski definition) is 1. The van der Waals surface area contributed by atoms with Gasteiger partial charge in [0.05, 0.1) is 12.7 Å². The van der Waals surface area contributed by atoms with E-state index >= 15 is 0 Å². The van der Waals surface area contributed by atoms with Gasteiger partial charge in [0.1, 0.15) is 11.6 Å². The number of methoxy groups -OCH3 is 1. The lowest BCUT2D eigenvalue weighted by Crippen LogP contribution is -2.39. The first-order valence-corrected chi connectivity index (χ1v) is 9.48. The lowest BCUT2D eigenvalue weighted by Gasteiger charge is -2.32. The molecule has 0 bridgehead atoms. The maximum atomic E-state index is 12.8. The van der Waals surface area contributed by atoms with Crippen molar-refractivity contribution in [2.45, 2.75) is 19.3 Å². The van der Waals surface area contributed by atoms with Gasteiger partial charge in [0, 0.05) is 37.5 Å². The van der Waals surface area contributed by atoms with Crippen LogP contribution in [-0.4, -0.2) is 51.2 Å². The number of nitrogens with one attached hydrogen (secondary N) is 1. The Morgan fingerprint density at radius 2 is 1.93 bits per heavy atom. The SMILES string of the molecule is COc1ccccc1C(=O)N1CCC(Cc2nc(-c3ccncc3)n[nH]2)CC1. The molecule has 1 aliphatic heterocycles. The van der Waals surface area contributed by atoms with Crippen LogP contribution in [0.4, 0.5) is 0 Å². The molecule has 0 atom stereocenters. The molecule has 0 spiro atoms. The number of benzene rings is 1. The quantitative estimate of drug-likeness (QED) is 0.739. The number of piperidine rings is 1. The number of hydrogen-bond acceptors (Lipinski definition) is 5. The summed E-state index contributed by atoms with van der Waals surface area (Å²) in [4.78, 5) is 23.4. The molecule has 144 valence electrons. The summed E-state index contributed by atoms with van der Waals surface area (Å²) in [7, 11) is 1.59. The van der Waals surface area contributed by atoms with Crippen molar-refractivity contribution in [1.82, 2.24) is 25.1 Å². The molecule has 0 aliphatic carbocycles. The zero-order valence-corrected chi connectivity index (χ0v) is 15.8. The Balaban J connectivity index is 1.35. The van der Waals surface area contributed by atoms with Crippen LogP contribution in [0.15, 0.2) is 48.8 Å². The third-order valence-electron chi connectivity index (χ3n) is 5.19. The minimum absolute atomic E-state index is 0.0375. The smallest absolute Gasteiger partial charge is 0.257 e. The van der Waals surface area contributed by atoms with Crippen molar-refractivity contribution >= 4 is 5.91 Å². The Kier molecular flexibility index (Phi) is 5.32. The molecule has 0 radical (unpaired) electrons. The number of pyridine rings is 1. The molecule has 0 saturated carbocycles. The molecule has 1 aliphatic rings. The van der Waals surface area contributed by atoms with Gasteiger partial charge >= 0.3 is 0 Å². The number of nitrogens with zero attached hydrogens (tertiary/aromatic N) is 4. The van der Waals surface area contributed by atoms with Crippen molar-refractivity contribution in [2.24, 2.45) is 5.92 Å². The Labute approximate surface area is 163 Å². The zero-order chi connectivity index (χ0) is 19.3. The Morgan fingerprint density at radius 3 is 2.68 bits per heavy atom. The highest BCUT2D eigenvalue weighted by Crippen LogP contribution is 2.25. The van der Waals surface area contributed by atoms with Crippen molar-refractivity contribution in [1.29, 1.82) is 0 Å². The number of H-pyrrole nitrogens is 1. The Hall–Kier alpha value is -3.22. The highest BCUT2D eigenvalue weighted by Gasteiger charge is 2.26. The summed E-state index contributed by atoms with van der Waals surface area (Å²) in [6.07, 6.45) is 6.22. The average molecular weight is 377 g/mol. The molecule has 2 aromatic heterocycles. The highest BCUT2D eigenvalue weighted by atomic mass is 16.5. The average Bonchev–Trinajstić information content (AvgIpc) is 3.23. The van der Waals surface area contributed by atoms with Crippen molar-refractivity contribution in [3.63, 3.8) is 0 Å². The van der Waals surface area contributed by atoms with Crippen molar-refractivity contribution < 1.29 is 9.53 Å². The Morgan fingerprint density at radius 1 is 1.18 bits per heavy atom. The topological polar surface area (TPSA) is 84.0 Å². The van der Waals surface area contributed by atoms with Gasteiger partial charge in [0.2, 0.25) is 0 Å². The standard InChI is InChI=1S/C21H23N5O2/c1-28-18-5-3-2-4-17(18)21(27)26-12-8-15(9-13-26)14-19-23-20(25-24-19)16-6-10-22-11-7-16/h2-7,10-11,15H,8-9,12-14H2,1H3,(H,23,24,25). The van der Waals surface area contributed by atoms with Crippen LogP contribution in [0.5, 0.6) is 5.75 Å². The highest BCUT2D eigenvalue weighted by molar-refractivity contribution is 5.97. The van der Waals surface area contributed by atoms with E-state index in [-0.39, 0.29) is 5.91 Å². The molecule has 1 saturated heterocycles. The molecule has 7 nitrogen and oxygen atoms in total. The summed E-state index contributed by atoms with van der Waals surface area (Å²) in [5.74, 6) is 2.73. The number of amides is 1. The number of rotatable bonds is 5. The largest absolute Gasteiger partial charge is 0.496 e. The fourth-order valence-corrected chi connectivity index (χ4v) is 3.62. The number of para-hydroxylation sites is 1. The maximum Gasteiger partial charge on any atom is 0.257 e. The molecule has 1 amide bonds. The van der Waals surface area contributed by atoms with Gasteiger partial charge < -0.3 is 9.64 Å². The number of aromatic amines is 1. The summed E-state index contributed by atoms with van der Waals surface area (Å²) >= 11 is 0. The minimum atomic E-state index is 0.0375. The molecule has 28 heavy (non-hydrogen) atoms. The van der Waals surface area contributed by atoms with E-state index in [1.165, 1.54) is 0 Å². The van der Waals surface area contributed by atoms with E-state index < -0.39 is 0 Å². The fourth-order valence-electron chi connectivity index (χ4n) is 3.62. The molecule has 3 heterocycles. The van der Waals surface area contributed by atoms with E-state index in [4.69, 9.17) is 4.74 Å². The van der Waals surface area contributed by atoms with Gasteiger partial charge in [-0.3, -0.25) is 14.9 Å². The number of ether oxygens (including phenoxy) is 1. The molecule has 0 unspecified atom stereocenters. The van der Waals surface area contributed by atoms with Crippen LogP contribution in [0.3, 0.4) is 0 Å². The van der Waals surface area contributed by atoms with E-state index in [0.29, 0.717) is 23.1 Å². The molecule has 1 fully saturated rings. The molecule has 7 heteroatoms. The summed E-state index contributed by atoms with van der Waals surface area (Å²) in [5.41, 5.74) is 1.58. The number of aromatic nitrogens is 4. The third kappa shape index (κ3) is 3.88. The lowest BCUT2D eigenvalue weighted by atomic mass is 9.93. The van der Waals surface area contributed by atoms with Crippen LogP contribution >= 0.6 is 0 Å². The van der Waals surface area contributed by atoms with Crippen LogP contribution in [0, 0.1) is 5.92 Å². The van der Waals surface area contributed by atoms with Gasteiger partial charge in [-0.05, 0) is 43.0 Å². The second-order valence-electron chi connectivity index (χ2n) is 6.98. The minimum Gasteiger partial charge on any atom is -0.496 e. The zero-order valence-electron chi connectivity index (χ0n) is 15.8. The summed E-state index contributed by atoms with van der Waals surface area (Å²) in [6, 6.07) is 11.2. The van der Waals surface area contributed by atoms with Crippen LogP contribution in [0.25, 0.3) is 11.4 Å². The number of carbonyl (C=O) groups is 1. The van der Waals surface area contributed by atoms with Crippen LogP contribution in [0.1, 0.15) is 29.0 Å². The van der Waals surface area contributed by atoms with Gasteiger partial charge in [0.25, 0.3) is 5.91 Å². The number of likely N-dealkylation sites (tertiary alicyclic amines) is 1. The lowest BCUT2D eigenvalue weighted by molar-refractivity contribution is 0.0686. The number of carbonyl (C=O) groups excluding carboxylic acids is 1. The second-order valence-corrected chi connectivity index (χ2v) is 6.98. The summed E-state index contributed by atoms with van der Waals surface area (Å²) < 4.78 is 5.33. The van der Waals surface area contributed by atoms with Crippen LogP contribution in [-0.2, 0) is 6.42 Å². The van der Waals surface area contributed by atoms with Crippen molar-refractivity contribution in [3.05, 3.63) is 60.2 Å². The fraction of sp³-hybridized carbons (Fsp3) is 0.333. The monoisotopic (exact) mass is 377 g/mol. The molecule has 3 aromatic rings. The van der Waals surface area contributed by atoms with E-state index in [1.807, 2.05) is 41.3 Å². The normalized spacial score (nSPS) is 14.8. The predicted molar refractivity (Wildman–Crippen MR) is 105 cm³/mol. The molecule has 4 rings (SSSR count). The second kappa shape index (κ2) is 8.21. The van der Waals surface area contributed by atoms with Gasteiger partial charge in [-0.2, -0.15) is 5.10 Å². The van der Waals surface area contributed by atoms with Crippen molar-refractivity contribution in [3.8, 4) is 17.1 Å². The first-order valence-electron chi connectivity index (χ1n) is 9.48. The molecular weight excluding hydrogens is 354 g/mol. The first kappa shape index (κ1) is 18.2. The van der Waals surface area contributed by atoms with Gasteiger partial charge in [0.15, 0.2) is 5.82 Å². The summed E-state index contributed by atoms with van der Waals surface area (Å²) in [6.45, 7) is 1.49. The van der Waals surface area contributed by atoms with Gasteiger partial charge in [-0.15, -0.1) is 0 Å². The summed E-state index contributed by atoms with van der Waals surface area (Å²) in [5, 5.41) is 7.36. The van der Waals surface area contributed by atoms with E-state index in [1.54, 1.807) is 19.5 Å². The molecular formula is C21H23N5O2. The van der Waals surface area contributed by atoms with Crippen LogP contribution < -0.4 is 4.74 Å². The maximum absolute atomic E-state index is 12.8. The predicted octanol–water partition coefficient (Wildman–Crippen LogP) is 2.97. The van der Waals surface area contributed by atoms with E-state index in [0.717, 1.165) is 43.7 Å². The van der Waals surface area contributed by atoms with Crippen molar-refractivity contribution in [2.75, 3.05) is 20.2 Å². The molecule has 1 N–H and O–H groups in total. The third-order valence-corrected chi connectivity index (χ3v) is 5.19. The van der Waals surface area contributed by atoms with E-state index in [9.17, 15) is 4.79 Å². The van der Waals surface area contributed by atoms with Gasteiger partial charge in [-0.1, -0.05) is 12.1 Å². The molecule has 1 aromatic carbocycles. The van der Waals surface area contributed by atoms with Gasteiger partial charge in [-0.25, -0.2) is 4.98 Å². The Bertz CT molecular complexity index is 933. The first-order chi connectivity index (χ1) is 13.7. The van der Waals surface area contributed by atoms with E-state index in [2.05, 4.69) is 20.2 Å².